The lowest BCUT2D eigenvalue weighted by molar-refractivity contribution is -0.144. The first kappa shape index (κ1) is 14.7. The summed E-state index contributed by atoms with van der Waals surface area (Å²) in [6, 6.07) is 8.00. The fourth-order valence-corrected chi connectivity index (χ4v) is 1.74. The number of carbonyl (C=O) groups excluding carboxylic acids is 1. The van der Waals surface area contributed by atoms with Crippen molar-refractivity contribution in [1.82, 2.24) is 5.32 Å². The highest BCUT2D eigenvalue weighted by Crippen LogP contribution is 2.14. The van der Waals surface area contributed by atoms with Crippen molar-refractivity contribution in [2.75, 3.05) is 0 Å². The molecule has 0 aromatic heterocycles. The summed E-state index contributed by atoms with van der Waals surface area (Å²) in [7, 11) is 0. The van der Waals surface area contributed by atoms with Crippen LogP contribution in [-0.2, 0) is 4.79 Å². The molecule has 1 aromatic rings. The third kappa shape index (κ3) is 3.55. The third-order valence-corrected chi connectivity index (χ3v) is 2.89. The molecule has 1 unspecified atom stereocenters. The van der Waals surface area contributed by atoms with Crippen molar-refractivity contribution in [1.29, 1.82) is 5.26 Å². The molecule has 2 N–H and O–H groups in total. The lowest BCUT2D eigenvalue weighted by Gasteiger charge is -2.25. The van der Waals surface area contributed by atoms with Gasteiger partial charge in [-0.1, -0.05) is 13.3 Å². The van der Waals surface area contributed by atoms with E-state index < -0.39 is 17.4 Å². The van der Waals surface area contributed by atoms with Gasteiger partial charge in [0.15, 0.2) is 0 Å². The van der Waals surface area contributed by atoms with Crippen LogP contribution < -0.4 is 5.32 Å². The molecular formula is C14H16N2O3. The zero-order valence-corrected chi connectivity index (χ0v) is 10.9. The normalized spacial score (nSPS) is 13.1. The van der Waals surface area contributed by atoms with Crippen molar-refractivity contribution in [3.63, 3.8) is 0 Å². The first-order chi connectivity index (χ1) is 8.92. The van der Waals surface area contributed by atoms with Gasteiger partial charge in [-0.3, -0.25) is 4.79 Å². The standard InChI is InChI=1S/C14H16N2O3/c1-3-8-14(2,13(18)19)16-12(17)11-6-4-10(9-15)5-7-11/h4-7H,3,8H2,1-2H3,(H,16,17)(H,18,19). The molecule has 0 saturated heterocycles. The van der Waals surface area contributed by atoms with Crippen LogP contribution in [0.2, 0.25) is 0 Å². The minimum absolute atomic E-state index is 0.336. The van der Waals surface area contributed by atoms with Gasteiger partial charge in [-0.05, 0) is 37.6 Å². The van der Waals surface area contributed by atoms with Crippen LogP contribution in [0.25, 0.3) is 0 Å². The van der Waals surface area contributed by atoms with Gasteiger partial charge in [-0.15, -0.1) is 0 Å². The Labute approximate surface area is 111 Å². The van der Waals surface area contributed by atoms with Crippen LogP contribution in [0, 0.1) is 11.3 Å². The van der Waals surface area contributed by atoms with E-state index >= 15 is 0 Å². The molecular weight excluding hydrogens is 244 g/mol. The largest absolute Gasteiger partial charge is 0.480 e. The number of carboxylic acids is 1. The molecule has 1 aromatic carbocycles. The van der Waals surface area contributed by atoms with E-state index in [1.807, 2.05) is 13.0 Å². The van der Waals surface area contributed by atoms with Crippen LogP contribution in [0.5, 0.6) is 0 Å². The average molecular weight is 260 g/mol. The fraction of sp³-hybridized carbons (Fsp3) is 0.357. The minimum atomic E-state index is -1.28. The zero-order valence-electron chi connectivity index (χ0n) is 10.9. The highest BCUT2D eigenvalue weighted by atomic mass is 16.4. The maximum absolute atomic E-state index is 12.0. The van der Waals surface area contributed by atoms with E-state index in [0.717, 1.165) is 0 Å². The number of carbonyl (C=O) groups is 2. The van der Waals surface area contributed by atoms with E-state index in [1.165, 1.54) is 31.2 Å². The van der Waals surface area contributed by atoms with Gasteiger partial charge in [0.1, 0.15) is 5.54 Å². The molecule has 5 nitrogen and oxygen atoms in total. The van der Waals surface area contributed by atoms with Gasteiger partial charge in [0, 0.05) is 5.56 Å². The Morgan fingerprint density at radius 1 is 1.37 bits per heavy atom. The van der Waals surface area contributed by atoms with E-state index in [2.05, 4.69) is 5.32 Å². The number of hydrogen-bond acceptors (Lipinski definition) is 3. The lowest BCUT2D eigenvalue weighted by atomic mass is 9.95. The van der Waals surface area contributed by atoms with Crippen LogP contribution in [0.1, 0.15) is 42.6 Å². The summed E-state index contributed by atoms with van der Waals surface area (Å²) in [5, 5.41) is 20.4. The number of benzene rings is 1. The molecule has 5 heteroatoms. The van der Waals surface area contributed by atoms with Gasteiger partial charge in [0.25, 0.3) is 5.91 Å². The number of nitrogens with zero attached hydrogens (tertiary/aromatic N) is 1. The SMILES string of the molecule is CCCC(C)(NC(=O)c1ccc(C#N)cc1)C(=O)O. The van der Waals surface area contributed by atoms with Gasteiger partial charge in [0.2, 0.25) is 0 Å². The molecule has 0 bridgehead atoms. The summed E-state index contributed by atoms with van der Waals surface area (Å²) in [4.78, 5) is 23.2. The van der Waals surface area contributed by atoms with Crippen LogP contribution in [0.15, 0.2) is 24.3 Å². The van der Waals surface area contributed by atoms with Crippen molar-refractivity contribution in [3.05, 3.63) is 35.4 Å². The fourth-order valence-electron chi connectivity index (χ4n) is 1.74. The molecule has 0 spiro atoms. The molecule has 19 heavy (non-hydrogen) atoms. The monoisotopic (exact) mass is 260 g/mol. The van der Waals surface area contributed by atoms with Crippen LogP contribution in [-0.4, -0.2) is 22.5 Å². The van der Waals surface area contributed by atoms with E-state index in [1.54, 1.807) is 0 Å². The Morgan fingerprint density at radius 3 is 2.37 bits per heavy atom. The number of nitriles is 1. The molecule has 0 aliphatic carbocycles. The maximum atomic E-state index is 12.0. The number of amides is 1. The van der Waals surface area contributed by atoms with Crippen LogP contribution >= 0.6 is 0 Å². The maximum Gasteiger partial charge on any atom is 0.329 e. The highest BCUT2D eigenvalue weighted by molar-refractivity contribution is 5.97. The molecule has 0 heterocycles. The number of rotatable bonds is 5. The Bertz CT molecular complexity index is 516. The highest BCUT2D eigenvalue weighted by Gasteiger charge is 2.33. The molecule has 100 valence electrons. The average Bonchev–Trinajstić information content (AvgIpc) is 2.38. The van der Waals surface area contributed by atoms with Gasteiger partial charge >= 0.3 is 5.97 Å². The second kappa shape index (κ2) is 6.01. The third-order valence-electron chi connectivity index (χ3n) is 2.89. The second-order valence-electron chi connectivity index (χ2n) is 4.53. The molecule has 0 fully saturated rings. The van der Waals surface area contributed by atoms with Gasteiger partial charge in [0.05, 0.1) is 11.6 Å². The summed E-state index contributed by atoms with van der Waals surface area (Å²) in [5.74, 6) is -1.51. The number of hydrogen-bond donors (Lipinski definition) is 2. The molecule has 1 rings (SSSR count). The number of carboxylic acid groups (broad SMARTS) is 1. The quantitative estimate of drug-likeness (QED) is 0.846. The van der Waals surface area contributed by atoms with Gasteiger partial charge in [-0.2, -0.15) is 5.26 Å². The van der Waals surface area contributed by atoms with Crippen molar-refractivity contribution in [2.45, 2.75) is 32.2 Å². The van der Waals surface area contributed by atoms with E-state index in [4.69, 9.17) is 5.26 Å². The first-order valence-corrected chi connectivity index (χ1v) is 5.99. The molecule has 0 saturated carbocycles. The Kier molecular flexibility index (Phi) is 4.65. The second-order valence-corrected chi connectivity index (χ2v) is 4.53. The molecule has 0 aliphatic rings. The smallest absolute Gasteiger partial charge is 0.329 e. The van der Waals surface area contributed by atoms with Crippen molar-refractivity contribution < 1.29 is 14.7 Å². The van der Waals surface area contributed by atoms with E-state index in [0.29, 0.717) is 24.0 Å². The Morgan fingerprint density at radius 2 is 1.95 bits per heavy atom. The lowest BCUT2D eigenvalue weighted by Crippen LogP contribution is -2.52. The van der Waals surface area contributed by atoms with Crippen molar-refractivity contribution >= 4 is 11.9 Å². The van der Waals surface area contributed by atoms with E-state index in [-0.39, 0.29) is 0 Å². The van der Waals surface area contributed by atoms with Gasteiger partial charge in [-0.25, -0.2) is 4.79 Å². The van der Waals surface area contributed by atoms with Gasteiger partial charge < -0.3 is 10.4 Å². The molecule has 0 aliphatic heterocycles. The number of aliphatic carboxylic acids is 1. The topological polar surface area (TPSA) is 90.2 Å². The van der Waals surface area contributed by atoms with Crippen LogP contribution in [0.3, 0.4) is 0 Å². The van der Waals surface area contributed by atoms with Crippen molar-refractivity contribution in [2.24, 2.45) is 0 Å². The Balaban J connectivity index is 2.88. The van der Waals surface area contributed by atoms with Crippen LogP contribution in [0.4, 0.5) is 0 Å². The first-order valence-electron chi connectivity index (χ1n) is 5.99. The summed E-state index contributed by atoms with van der Waals surface area (Å²) in [6.07, 6.45) is 1.00. The zero-order chi connectivity index (χ0) is 14.5. The van der Waals surface area contributed by atoms with Crippen molar-refractivity contribution in [3.8, 4) is 6.07 Å². The predicted octanol–water partition coefficient (Wildman–Crippen LogP) is 1.93. The summed E-state index contributed by atoms with van der Waals surface area (Å²) >= 11 is 0. The summed E-state index contributed by atoms with van der Waals surface area (Å²) < 4.78 is 0. The Hall–Kier alpha value is -2.35. The predicted molar refractivity (Wildman–Crippen MR) is 69.6 cm³/mol. The summed E-state index contributed by atoms with van der Waals surface area (Å²) in [5.41, 5.74) is -0.492. The molecule has 0 radical (unpaired) electrons. The molecule has 1 amide bonds. The number of nitrogens with one attached hydrogen (secondary N) is 1. The van der Waals surface area contributed by atoms with E-state index in [9.17, 15) is 14.7 Å². The molecule has 1 atom stereocenters. The minimum Gasteiger partial charge on any atom is -0.480 e. The summed E-state index contributed by atoms with van der Waals surface area (Å²) in [6.45, 7) is 3.34.